The van der Waals surface area contributed by atoms with Gasteiger partial charge in [-0.05, 0) is 36.5 Å². The number of carbonyl (C=O) groups is 2. The third kappa shape index (κ3) is 6.50. The number of nitrogens with one attached hydrogen (secondary N) is 2. The third-order valence-corrected chi connectivity index (χ3v) is 6.73. The van der Waals surface area contributed by atoms with Gasteiger partial charge in [0.25, 0.3) is 5.17 Å². The van der Waals surface area contributed by atoms with E-state index < -0.39 is 18.0 Å². The van der Waals surface area contributed by atoms with Gasteiger partial charge in [-0.3, -0.25) is 14.7 Å². The molecule has 0 unspecified atom stereocenters. The van der Waals surface area contributed by atoms with E-state index in [0.29, 0.717) is 49.3 Å². The molecule has 0 saturated carbocycles. The number of amides is 2. The third-order valence-electron chi connectivity index (χ3n) is 5.56. The van der Waals surface area contributed by atoms with Crippen molar-refractivity contribution < 1.29 is 23.5 Å². The van der Waals surface area contributed by atoms with Crippen LogP contribution < -0.4 is 20.5 Å². The Morgan fingerprint density at radius 1 is 1.33 bits per heavy atom. The molecular formula is C22H26FN7O4S2. The summed E-state index contributed by atoms with van der Waals surface area (Å²) >= 11 is 6.19. The van der Waals surface area contributed by atoms with Crippen LogP contribution in [-0.2, 0) is 14.3 Å². The standard InChI is InChI=1S/C22H26FN7O4S2/c1-33-21(35)26-12-16-13-29(22(32)34-16)15-3-4-18(17(23)11-15)28-8-7-27-30(10-9-28)19(31)14-36-20-24-5-2-6-25-20/h2-6,11,16,27H,7-10,12-14H2,1H3,(H,26,35)/t16-/m0/s1. The number of rotatable bonds is 7. The smallest absolute Gasteiger partial charge is 0.414 e. The van der Waals surface area contributed by atoms with Crippen LogP contribution in [0.1, 0.15) is 0 Å². The van der Waals surface area contributed by atoms with Gasteiger partial charge in [-0.25, -0.2) is 24.6 Å². The van der Waals surface area contributed by atoms with Crippen molar-refractivity contribution >= 4 is 52.5 Å². The summed E-state index contributed by atoms with van der Waals surface area (Å²) in [5, 5.41) is 5.13. The van der Waals surface area contributed by atoms with Crippen LogP contribution in [0.5, 0.6) is 0 Å². The highest BCUT2D eigenvalue weighted by Gasteiger charge is 2.33. The molecule has 0 bridgehead atoms. The minimum Gasteiger partial charge on any atom is -0.474 e. The summed E-state index contributed by atoms with van der Waals surface area (Å²) < 4.78 is 25.3. The lowest BCUT2D eigenvalue weighted by Crippen LogP contribution is -2.44. The number of nitrogens with zero attached hydrogens (tertiary/aromatic N) is 5. The van der Waals surface area contributed by atoms with Crippen molar-refractivity contribution in [1.82, 2.24) is 25.7 Å². The first-order valence-corrected chi connectivity index (χ1v) is 12.6. The fourth-order valence-electron chi connectivity index (χ4n) is 3.78. The Balaban J connectivity index is 1.32. The lowest BCUT2D eigenvalue weighted by atomic mass is 10.2. The maximum Gasteiger partial charge on any atom is 0.414 e. The number of thioether (sulfide) groups is 1. The monoisotopic (exact) mass is 535 g/mol. The lowest BCUT2D eigenvalue weighted by molar-refractivity contribution is -0.131. The van der Waals surface area contributed by atoms with Gasteiger partial charge in [-0.15, -0.1) is 0 Å². The minimum absolute atomic E-state index is 0.104. The number of hydrogen-bond donors (Lipinski definition) is 2. The molecule has 2 fully saturated rings. The van der Waals surface area contributed by atoms with Crippen molar-refractivity contribution in [3.8, 4) is 0 Å². The van der Waals surface area contributed by atoms with E-state index in [1.54, 1.807) is 35.6 Å². The summed E-state index contributed by atoms with van der Waals surface area (Å²) in [6, 6.07) is 6.37. The van der Waals surface area contributed by atoms with Crippen molar-refractivity contribution in [2.24, 2.45) is 0 Å². The molecule has 1 atom stereocenters. The summed E-state index contributed by atoms with van der Waals surface area (Å²) in [4.78, 5) is 36.4. The zero-order chi connectivity index (χ0) is 25.5. The second-order valence-corrected chi connectivity index (χ2v) is 9.20. The quantitative estimate of drug-likeness (QED) is 0.305. The highest BCUT2D eigenvalue weighted by atomic mass is 32.2. The lowest BCUT2D eigenvalue weighted by Gasteiger charge is -2.24. The number of aromatic nitrogens is 2. The number of hydrazine groups is 1. The number of hydrogen-bond acceptors (Lipinski definition) is 10. The molecule has 0 aliphatic carbocycles. The largest absolute Gasteiger partial charge is 0.474 e. The fourth-order valence-corrected chi connectivity index (χ4v) is 4.54. The summed E-state index contributed by atoms with van der Waals surface area (Å²) in [6.45, 7) is 2.35. The second kappa shape index (κ2) is 12.1. The summed E-state index contributed by atoms with van der Waals surface area (Å²) in [5.74, 6) is -0.369. The van der Waals surface area contributed by atoms with Crippen LogP contribution in [0, 0.1) is 5.82 Å². The number of benzene rings is 1. The number of ether oxygens (including phenoxy) is 2. The van der Waals surface area contributed by atoms with Gasteiger partial charge in [0.1, 0.15) is 11.9 Å². The van der Waals surface area contributed by atoms with E-state index in [0.717, 1.165) is 0 Å². The van der Waals surface area contributed by atoms with Crippen LogP contribution in [0.25, 0.3) is 0 Å². The first-order valence-electron chi connectivity index (χ1n) is 11.2. The van der Waals surface area contributed by atoms with Gasteiger partial charge in [-0.2, -0.15) is 0 Å². The topological polar surface area (TPSA) is 112 Å². The van der Waals surface area contributed by atoms with Crippen LogP contribution in [0.3, 0.4) is 0 Å². The van der Waals surface area contributed by atoms with Crippen LogP contribution in [0.2, 0.25) is 0 Å². The molecule has 1 aromatic carbocycles. The van der Waals surface area contributed by atoms with E-state index in [4.69, 9.17) is 21.7 Å². The van der Waals surface area contributed by atoms with E-state index in [1.807, 2.05) is 4.90 Å². The van der Waals surface area contributed by atoms with E-state index in [-0.39, 0.29) is 23.4 Å². The predicted molar refractivity (Wildman–Crippen MR) is 136 cm³/mol. The van der Waals surface area contributed by atoms with Crippen LogP contribution in [0.4, 0.5) is 20.6 Å². The Hall–Kier alpha value is -3.23. The molecule has 1 aromatic heterocycles. The molecule has 192 valence electrons. The average Bonchev–Trinajstić information content (AvgIpc) is 3.09. The molecule has 2 aliphatic rings. The van der Waals surface area contributed by atoms with E-state index in [2.05, 4.69) is 20.7 Å². The molecule has 36 heavy (non-hydrogen) atoms. The zero-order valence-electron chi connectivity index (χ0n) is 19.6. The highest BCUT2D eigenvalue weighted by Crippen LogP contribution is 2.28. The fraction of sp³-hybridized carbons (Fsp3) is 0.409. The van der Waals surface area contributed by atoms with E-state index in [1.165, 1.54) is 29.8 Å². The molecule has 0 spiro atoms. The van der Waals surface area contributed by atoms with Crippen LogP contribution >= 0.6 is 24.0 Å². The molecule has 14 heteroatoms. The maximum absolute atomic E-state index is 15.1. The number of halogens is 1. The van der Waals surface area contributed by atoms with Crippen LogP contribution in [-0.4, -0.2) is 90.4 Å². The Bertz CT molecular complexity index is 1100. The number of methoxy groups -OCH3 is 1. The number of thiocarbonyl (C=S) groups is 1. The van der Waals surface area contributed by atoms with Gasteiger partial charge < -0.3 is 19.7 Å². The summed E-state index contributed by atoms with van der Waals surface area (Å²) in [6.07, 6.45) is 2.26. The Labute approximate surface area is 217 Å². The van der Waals surface area contributed by atoms with Crippen molar-refractivity contribution in [2.45, 2.75) is 11.3 Å². The van der Waals surface area contributed by atoms with Gasteiger partial charge >= 0.3 is 6.09 Å². The molecule has 11 nitrogen and oxygen atoms in total. The van der Waals surface area contributed by atoms with Crippen molar-refractivity contribution in [3.05, 3.63) is 42.5 Å². The first kappa shape index (κ1) is 25.9. The Morgan fingerprint density at radius 3 is 2.89 bits per heavy atom. The molecule has 2 aliphatic heterocycles. The van der Waals surface area contributed by atoms with Gasteiger partial charge in [0.05, 0.1) is 43.9 Å². The van der Waals surface area contributed by atoms with Crippen LogP contribution in [0.15, 0.2) is 41.8 Å². The SMILES string of the molecule is COC(=S)NC[C@H]1CN(c2ccc(N3CCNN(C(=O)CSc4ncccn4)CC3)c(F)c2)C(=O)O1. The second-order valence-electron chi connectivity index (χ2n) is 7.89. The molecule has 0 radical (unpaired) electrons. The van der Waals surface area contributed by atoms with Gasteiger partial charge in [-0.1, -0.05) is 11.8 Å². The van der Waals surface area contributed by atoms with Crippen molar-refractivity contribution in [2.75, 3.05) is 61.9 Å². The molecule has 2 N–H and O–H groups in total. The van der Waals surface area contributed by atoms with E-state index >= 15 is 4.39 Å². The predicted octanol–water partition coefficient (Wildman–Crippen LogP) is 1.41. The van der Waals surface area contributed by atoms with Crippen molar-refractivity contribution in [3.63, 3.8) is 0 Å². The van der Waals surface area contributed by atoms with Gasteiger partial charge in [0.2, 0.25) is 5.91 Å². The van der Waals surface area contributed by atoms with Gasteiger partial charge in [0, 0.05) is 32.0 Å². The summed E-state index contributed by atoms with van der Waals surface area (Å²) in [7, 11) is 1.45. The number of carbonyl (C=O) groups excluding carboxylic acids is 2. The molecular weight excluding hydrogens is 509 g/mol. The average molecular weight is 536 g/mol. The molecule has 2 amide bonds. The number of cyclic esters (lactones) is 1. The zero-order valence-corrected chi connectivity index (χ0v) is 21.2. The molecule has 4 rings (SSSR count). The first-order chi connectivity index (χ1) is 17.4. The van der Waals surface area contributed by atoms with Gasteiger partial charge in [0.15, 0.2) is 5.16 Å². The Morgan fingerprint density at radius 2 is 2.14 bits per heavy atom. The van der Waals surface area contributed by atoms with E-state index in [9.17, 15) is 9.59 Å². The highest BCUT2D eigenvalue weighted by molar-refractivity contribution is 7.99. The molecule has 3 heterocycles. The number of anilines is 2. The normalized spacial score (nSPS) is 18.0. The summed E-state index contributed by atoms with van der Waals surface area (Å²) in [5.41, 5.74) is 3.91. The molecule has 2 saturated heterocycles. The molecule has 2 aromatic rings. The minimum atomic E-state index is -0.552. The van der Waals surface area contributed by atoms with Crippen molar-refractivity contribution in [1.29, 1.82) is 0 Å². The maximum atomic E-state index is 15.1. The Kier molecular flexibility index (Phi) is 8.72.